The Labute approximate surface area is 180 Å². The summed E-state index contributed by atoms with van der Waals surface area (Å²) in [5, 5.41) is 3.46. The molecule has 1 spiro atoms. The highest BCUT2D eigenvalue weighted by atomic mass is 127. The monoisotopic (exact) mass is 487 g/mol. The molecule has 152 valence electrons. The third kappa shape index (κ3) is 6.24. The fraction of sp³-hybridized carbons (Fsp3) is 0.667. The maximum absolute atomic E-state index is 5.75. The highest BCUT2D eigenvalue weighted by molar-refractivity contribution is 14.0. The van der Waals surface area contributed by atoms with Crippen molar-refractivity contribution in [1.29, 1.82) is 0 Å². The molecule has 0 saturated carbocycles. The van der Waals surface area contributed by atoms with Crippen molar-refractivity contribution in [1.82, 2.24) is 10.2 Å². The van der Waals surface area contributed by atoms with Crippen LogP contribution in [0.15, 0.2) is 29.3 Å². The molecule has 5 nitrogen and oxygen atoms in total. The quantitative estimate of drug-likeness (QED) is 0.376. The number of guanidine groups is 1. The number of likely N-dealkylation sites (tertiary alicyclic amines) is 1. The van der Waals surface area contributed by atoms with Crippen LogP contribution in [0.4, 0.5) is 0 Å². The second-order valence-corrected chi connectivity index (χ2v) is 7.99. The average Bonchev–Trinajstić information content (AvgIpc) is 3.28. The number of hydrogen-bond donors (Lipinski definition) is 1. The fourth-order valence-corrected chi connectivity index (χ4v) is 3.63. The van der Waals surface area contributed by atoms with Crippen LogP contribution in [0.3, 0.4) is 0 Å². The van der Waals surface area contributed by atoms with Gasteiger partial charge in [0.25, 0.3) is 0 Å². The van der Waals surface area contributed by atoms with Gasteiger partial charge in [-0.05, 0) is 43.4 Å². The van der Waals surface area contributed by atoms with Crippen molar-refractivity contribution >= 4 is 29.9 Å². The summed E-state index contributed by atoms with van der Waals surface area (Å²) in [6, 6.07) is 8.31. The number of rotatable bonds is 6. The van der Waals surface area contributed by atoms with Crippen molar-refractivity contribution < 1.29 is 9.47 Å². The maximum atomic E-state index is 5.75. The molecule has 1 atom stereocenters. The topological polar surface area (TPSA) is 46.1 Å². The minimum Gasteiger partial charge on any atom is -0.493 e. The molecule has 2 aliphatic heterocycles. The number of nitrogens with one attached hydrogen (secondary N) is 1. The minimum absolute atomic E-state index is 0. The van der Waals surface area contributed by atoms with Crippen molar-refractivity contribution in [2.75, 3.05) is 39.5 Å². The maximum Gasteiger partial charge on any atom is 0.194 e. The van der Waals surface area contributed by atoms with Crippen molar-refractivity contribution in [3.05, 3.63) is 29.8 Å². The van der Waals surface area contributed by atoms with Gasteiger partial charge < -0.3 is 19.7 Å². The first-order valence-corrected chi connectivity index (χ1v) is 9.93. The molecule has 2 heterocycles. The Balaban J connectivity index is 0.00000261. The first kappa shape index (κ1) is 22.3. The number of halogens is 1. The van der Waals surface area contributed by atoms with E-state index in [1.54, 1.807) is 0 Å². The molecule has 1 N–H and O–H groups in total. The van der Waals surface area contributed by atoms with Crippen LogP contribution < -0.4 is 10.1 Å². The number of nitrogens with zero attached hydrogens (tertiary/aromatic N) is 2. The molecule has 1 aromatic carbocycles. The van der Waals surface area contributed by atoms with Gasteiger partial charge >= 0.3 is 0 Å². The Morgan fingerprint density at radius 2 is 2.07 bits per heavy atom. The smallest absolute Gasteiger partial charge is 0.194 e. The molecule has 1 unspecified atom stereocenters. The third-order valence-corrected chi connectivity index (χ3v) is 5.18. The molecular weight excluding hydrogens is 453 g/mol. The Bertz CT molecular complexity index is 598. The van der Waals surface area contributed by atoms with Crippen LogP contribution in [-0.4, -0.2) is 50.3 Å². The van der Waals surface area contributed by atoms with E-state index in [2.05, 4.69) is 43.1 Å². The molecule has 3 rings (SSSR count). The molecular formula is C21H34IN3O2. The fourth-order valence-electron chi connectivity index (χ4n) is 3.63. The van der Waals surface area contributed by atoms with E-state index in [0.717, 1.165) is 51.2 Å². The summed E-state index contributed by atoms with van der Waals surface area (Å²) in [5.74, 6) is 2.49. The first-order valence-electron chi connectivity index (χ1n) is 9.93. The van der Waals surface area contributed by atoms with E-state index < -0.39 is 0 Å². The van der Waals surface area contributed by atoms with E-state index in [-0.39, 0.29) is 24.0 Å². The minimum atomic E-state index is 0. The zero-order chi connectivity index (χ0) is 18.4. The van der Waals surface area contributed by atoms with Crippen LogP contribution in [0.5, 0.6) is 5.75 Å². The van der Waals surface area contributed by atoms with Gasteiger partial charge in [0.15, 0.2) is 5.96 Å². The number of hydrogen-bond acceptors (Lipinski definition) is 3. The molecule has 1 aromatic rings. The van der Waals surface area contributed by atoms with Crippen LogP contribution in [0.25, 0.3) is 0 Å². The average molecular weight is 487 g/mol. The normalized spacial score (nSPS) is 22.4. The Kier molecular flexibility index (Phi) is 8.66. The van der Waals surface area contributed by atoms with Crippen LogP contribution >= 0.6 is 24.0 Å². The van der Waals surface area contributed by atoms with E-state index in [0.29, 0.717) is 17.9 Å². The van der Waals surface area contributed by atoms with Gasteiger partial charge in [0, 0.05) is 31.7 Å². The summed E-state index contributed by atoms with van der Waals surface area (Å²) in [4.78, 5) is 7.28. The second-order valence-electron chi connectivity index (χ2n) is 7.99. The summed E-state index contributed by atoms with van der Waals surface area (Å²) in [6.45, 7) is 12.7. The van der Waals surface area contributed by atoms with Gasteiger partial charge in [-0.1, -0.05) is 26.0 Å². The van der Waals surface area contributed by atoms with Gasteiger partial charge in [-0.2, -0.15) is 0 Å². The molecule has 2 aliphatic rings. The lowest BCUT2D eigenvalue weighted by Crippen LogP contribution is -2.41. The molecule has 2 fully saturated rings. The van der Waals surface area contributed by atoms with Gasteiger partial charge in [0.05, 0.1) is 19.8 Å². The lowest BCUT2D eigenvalue weighted by molar-refractivity contribution is 0.156. The SMILES string of the molecule is CCNC(=NCc1ccc(OCC(C)C)cc1)N1CCC2(CCOC2)C1.I. The van der Waals surface area contributed by atoms with Crippen molar-refractivity contribution in [2.45, 2.75) is 40.2 Å². The zero-order valence-corrected chi connectivity index (χ0v) is 19.2. The molecule has 0 bridgehead atoms. The van der Waals surface area contributed by atoms with E-state index in [1.165, 1.54) is 18.4 Å². The predicted molar refractivity (Wildman–Crippen MR) is 121 cm³/mol. The van der Waals surface area contributed by atoms with Gasteiger partial charge in [0.1, 0.15) is 5.75 Å². The van der Waals surface area contributed by atoms with Gasteiger partial charge in [0.2, 0.25) is 0 Å². The third-order valence-electron chi connectivity index (χ3n) is 5.18. The molecule has 0 aromatic heterocycles. The second kappa shape index (κ2) is 10.5. The van der Waals surface area contributed by atoms with Crippen LogP contribution in [-0.2, 0) is 11.3 Å². The van der Waals surface area contributed by atoms with Crippen molar-refractivity contribution in [2.24, 2.45) is 16.3 Å². The Morgan fingerprint density at radius 3 is 2.70 bits per heavy atom. The molecule has 2 saturated heterocycles. The van der Waals surface area contributed by atoms with E-state index in [9.17, 15) is 0 Å². The van der Waals surface area contributed by atoms with Gasteiger partial charge in [-0.25, -0.2) is 4.99 Å². The van der Waals surface area contributed by atoms with Gasteiger partial charge in [-0.15, -0.1) is 24.0 Å². The molecule has 0 radical (unpaired) electrons. The van der Waals surface area contributed by atoms with E-state index >= 15 is 0 Å². The zero-order valence-electron chi connectivity index (χ0n) is 16.9. The van der Waals surface area contributed by atoms with Crippen LogP contribution in [0.1, 0.15) is 39.2 Å². The molecule has 6 heteroatoms. The lowest BCUT2D eigenvalue weighted by atomic mass is 9.87. The van der Waals surface area contributed by atoms with Crippen LogP contribution in [0.2, 0.25) is 0 Å². The highest BCUT2D eigenvalue weighted by Crippen LogP contribution is 2.38. The van der Waals surface area contributed by atoms with Gasteiger partial charge in [-0.3, -0.25) is 0 Å². The first-order chi connectivity index (χ1) is 12.6. The Hall–Kier alpha value is -1.02. The predicted octanol–water partition coefficient (Wildman–Crippen LogP) is 3.92. The van der Waals surface area contributed by atoms with E-state index in [1.807, 2.05) is 12.1 Å². The summed E-state index contributed by atoms with van der Waals surface area (Å²) in [7, 11) is 0. The molecule has 27 heavy (non-hydrogen) atoms. The van der Waals surface area contributed by atoms with Crippen molar-refractivity contribution in [3.63, 3.8) is 0 Å². The number of aliphatic imine (C=N–C) groups is 1. The number of ether oxygens (including phenoxy) is 2. The summed E-state index contributed by atoms with van der Waals surface area (Å²) < 4.78 is 11.4. The summed E-state index contributed by atoms with van der Waals surface area (Å²) in [6.07, 6.45) is 2.39. The number of benzene rings is 1. The molecule has 0 amide bonds. The van der Waals surface area contributed by atoms with E-state index in [4.69, 9.17) is 14.5 Å². The summed E-state index contributed by atoms with van der Waals surface area (Å²) >= 11 is 0. The lowest BCUT2D eigenvalue weighted by Gasteiger charge is -2.25. The standard InChI is InChI=1S/C21H33N3O2.HI/c1-4-22-20(24-11-9-21(15-24)10-12-25-16-21)23-13-18-5-7-19(8-6-18)26-14-17(2)3;/h5-8,17H,4,9-16H2,1-3H3,(H,22,23);1H. The highest BCUT2D eigenvalue weighted by Gasteiger charge is 2.42. The Morgan fingerprint density at radius 1 is 1.30 bits per heavy atom. The van der Waals surface area contributed by atoms with Crippen LogP contribution in [0, 0.1) is 11.3 Å². The largest absolute Gasteiger partial charge is 0.493 e. The molecule has 0 aliphatic carbocycles. The summed E-state index contributed by atoms with van der Waals surface area (Å²) in [5.41, 5.74) is 1.56. The van der Waals surface area contributed by atoms with Crippen molar-refractivity contribution in [3.8, 4) is 5.75 Å².